The van der Waals surface area contributed by atoms with Crippen molar-refractivity contribution in [2.24, 2.45) is 11.8 Å². The van der Waals surface area contributed by atoms with Gasteiger partial charge in [-0.3, -0.25) is 0 Å². The van der Waals surface area contributed by atoms with Gasteiger partial charge in [0.1, 0.15) is 5.67 Å². The Bertz CT molecular complexity index is 105. The Balaban J connectivity index is 2.45. The van der Waals surface area contributed by atoms with E-state index < -0.39 is 5.67 Å². The van der Waals surface area contributed by atoms with E-state index in [0.29, 0.717) is 11.8 Å². The maximum atomic E-state index is 13.1. The van der Waals surface area contributed by atoms with Crippen LogP contribution in [0.25, 0.3) is 0 Å². The maximum Gasteiger partial charge on any atom is 0.111 e. The summed E-state index contributed by atoms with van der Waals surface area (Å²) in [7, 11) is 0. The van der Waals surface area contributed by atoms with Gasteiger partial charge in [-0.15, -0.1) is 0 Å². The molecule has 0 nitrogen and oxygen atoms in total. The van der Waals surface area contributed by atoms with Crippen molar-refractivity contribution >= 4 is 0 Å². The molecule has 0 heterocycles. The van der Waals surface area contributed by atoms with E-state index in [-0.39, 0.29) is 0 Å². The first-order valence-electron chi connectivity index (χ1n) is 3.73. The smallest absolute Gasteiger partial charge is 0.111 e. The van der Waals surface area contributed by atoms with Crippen molar-refractivity contribution in [3.63, 3.8) is 0 Å². The van der Waals surface area contributed by atoms with Gasteiger partial charge in [0.25, 0.3) is 0 Å². The van der Waals surface area contributed by atoms with E-state index >= 15 is 0 Å². The zero-order chi connectivity index (χ0) is 7.07. The fourth-order valence-corrected chi connectivity index (χ4v) is 1.74. The molecule has 1 rings (SSSR count). The Morgan fingerprint density at radius 2 is 2.11 bits per heavy atom. The summed E-state index contributed by atoms with van der Waals surface area (Å²) in [6.45, 7) is 5.92. The highest BCUT2D eigenvalue weighted by molar-refractivity contribution is 4.94. The molecule has 0 saturated heterocycles. The Kier molecular flexibility index (Phi) is 1.54. The highest BCUT2D eigenvalue weighted by Crippen LogP contribution is 2.45. The van der Waals surface area contributed by atoms with Crippen LogP contribution in [0.2, 0.25) is 0 Å². The third-order valence-corrected chi connectivity index (χ3v) is 2.52. The van der Waals surface area contributed by atoms with Gasteiger partial charge in [-0.1, -0.05) is 13.8 Å². The highest BCUT2D eigenvalue weighted by Gasteiger charge is 2.44. The second-order valence-corrected chi connectivity index (χ2v) is 3.67. The molecule has 0 spiro atoms. The van der Waals surface area contributed by atoms with E-state index in [9.17, 15) is 4.39 Å². The zero-order valence-corrected chi connectivity index (χ0v) is 6.45. The summed E-state index contributed by atoms with van der Waals surface area (Å²) in [5, 5.41) is 0. The Morgan fingerprint density at radius 3 is 2.11 bits per heavy atom. The summed E-state index contributed by atoms with van der Waals surface area (Å²) >= 11 is 0. The first-order valence-corrected chi connectivity index (χ1v) is 3.73. The van der Waals surface area contributed by atoms with Crippen molar-refractivity contribution in [2.45, 2.75) is 39.3 Å². The number of halogens is 1. The Labute approximate surface area is 56.5 Å². The Hall–Kier alpha value is -0.0700. The van der Waals surface area contributed by atoms with E-state index in [4.69, 9.17) is 0 Å². The summed E-state index contributed by atoms with van der Waals surface area (Å²) in [6.07, 6.45) is 1.86. The predicted octanol–water partition coefficient (Wildman–Crippen LogP) is 2.78. The lowest BCUT2D eigenvalue weighted by molar-refractivity contribution is -0.0242. The van der Waals surface area contributed by atoms with Gasteiger partial charge >= 0.3 is 0 Å². The van der Waals surface area contributed by atoms with Crippen molar-refractivity contribution in [1.82, 2.24) is 0 Å². The molecule has 1 fully saturated rings. The molecule has 0 aromatic rings. The van der Waals surface area contributed by atoms with Gasteiger partial charge in [-0.05, 0) is 31.6 Å². The summed E-state index contributed by atoms with van der Waals surface area (Å²) in [5.74, 6) is 0.853. The number of hydrogen-bond acceptors (Lipinski definition) is 0. The number of alkyl halides is 1. The topological polar surface area (TPSA) is 0 Å². The predicted molar refractivity (Wildman–Crippen MR) is 37.1 cm³/mol. The van der Waals surface area contributed by atoms with Gasteiger partial charge in [0.2, 0.25) is 0 Å². The van der Waals surface area contributed by atoms with Crippen molar-refractivity contribution in [1.29, 1.82) is 0 Å². The van der Waals surface area contributed by atoms with Gasteiger partial charge in [0.05, 0.1) is 0 Å². The molecule has 0 aromatic heterocycles. The molecule has 1 saturated carbocycles. The molecule has 1 aliphatic rings. The molecule has 1 heteroatoms. The van der Waals surface area contributed by atoms with Crippen LogP contribution in [0.15, 0.2) is 0 Å². The van der Waals surface area contributed by atoms with E-state index in [1.54, 1.807) is 6.92 Å². The number of rotatable bonds is 1. The minimum absolute atomic E-state index is 0.331. The lowest BCUT2D eigenvalue weighted by Crippen LogP contribution is -2.42. The van der Waals surface area contributed by atoms with Crippen molar-refractivity contribution in [3.8, 4) is 0 Å². The summed E-state index contributed by atoms with van der Waals surface area (Å²) < 4.78 is 13.1. The van der Waals surface area contributed by atoms with Crippen LogP contribution >= 0.6 is 0 Å². The molecule has 0 bridgehead atoms. The van der Waals surface area contributed by atoms with E-state index in [2.05, 4.69) is 13.8 Å². The monoisotopic (exact) mass is 130 g/mol. The molecule has 0 N–H and O–H groups in total. The lowest BCUT2D eigenvalue weighted by atomic mass is 9.67. The van der Waals surface area contributed by atoms with Crippen molar-refractivity contribution < 1.29 is 4.39 Å². The van der Waals surface area contributed by atoms with Gasteiger partial charge in [-0.25, -0.2) is 4.39 Å². The van der Waals surface area contributed by atoms with E-state index in [1.807, 2.05) is 0 Å². The van der Waals surface area contributed by atoms with Crippen LogP contribution in [0.5, 0.6) is 0 Å². The lowest BCUT2D eigenvalue weighted by Gasteiger charge is -2.43. The van der Waals surface area contributed by atoms with Gasteiger partial charge in [0.15, 0.2) is 0 Å². The van der Waals surface area contributed by atoms with Gasteiger partial charge in [-0.2, -0.15) is 0 Å². The van der Waals surface area contributed by atoms with Crippen LogP contribution in [-0.4, -0.2) is 5.67 Å². The molecule has 9 heavy (non-hydrogen) atoms. The standard InChI is InChI=1S/C8H15F/c1-6(2)7-4-5-8(7,3)9/h6-7H,4-5H2,1-3H3/t7-,8?/m0/s1. The van der Waals surface area contributed by atoms with Crippen LogP contribution in [0, 0.1) is 11.8 Å². The fourth-order valence-electron chi connectivity index (χ4n) is 1.74. The molecular weight excluding hydrogens is 115 g/mol. The van der Waals surface area contributed by atoms with Crippen LogP contribution < -0.4 is 0 Å². The first-order chi connectivity index (χ1) is 4.04. The molecule has 1 aliphatic carbocycles. The largest absolute Gasteiger partial charge is 0.244 e. The molecule has 54 valence electrons. The zero-order valence-electron chi connectivity index (χ0n) is 6.45. The molecule has 0 radical (unpaired) electrons. The van der Waals surface area contributed by atoms with Crippen LogP contribution in [0.3, 0.4) is 0 Å². The van der Waals surface area contributed by atoms with Crippen LogP contribution in [-0.2, 0) is 0 Å². The fraction of sp³-hybridized carbons (Fsp3) is 1.00. The van der Waals surface area contributed by atoms with E-state index in [1.165, 1.54) is 0 Å². The van der Waals surface area contributed by atoms with Crippen molar-refractivity contribution in [2.75, 3.05) is 0 Å². The molecule has 0 aliphatic heterocycles. The minimum atomic E-state index is -0.839. The molecular formula is C8H15F. The van der Waals surface area contributed by atoms with Gasteiger partial charge < -0.3 is 0 Å². The Morgan fingerprint density at radius 1 is 1.56 bits per heavy atom. The average molecular weight is 130 g/mol. The van der Waals surface area contributed by atoms with Crippen LogP contribution in [0.1, 0.15) is 33.6 Å². The minimum Gasteiger partial charge on any atom is -0.244 e. The normalized spacial score (nSPS) is 43.0. The third-order valence-electron chi connectivity index (χ3n) is 2.52. The van der Waals surface area contributed by atoms with E-state index in [0.717, 1.165) is 12.8 Å². The summed E-state index contributed by atoms with van der Waals surface area (Å²) in [5.41, 5.74) is -0.839. The molecule has 1 unspecified atom stereocenters. The SMILES string of the molecule is CC(C)[C@@H]1CCC1(C)F. The maximum absolute atomic E-state index is 13.1. The highest BCUT2D eigenvalue weighted by atomic mass is 19.1. The second-order valence-electron chi connectivity index (χ2n) is 3.67. The van der Waals surface area contributed by atoms with Crippen LogP contribution in [0.4, 0.5) is 4.39 Å². The third kappa shape index (κ3) is 1.10. The number of hydrogen-bond donors (Lipinski definition) is 0. The first kappa shape index (κ1) is 7.04. The second kappa shape index (κ2) is 1.96. The molecule has 0 aromatic carbocycles. The average Bonchev–Trinajstić information content (AvgIpc) is 1.62. The molecule has 2 atom stereocenters. The van der Waals surface area contributed by atoms with Gasteiger partial charge in [0, 0.05) is 0 Å². The summed E-state index contributed by atoms with van der Waals surface area (Å²) in [4.78, 5) is 0. The van der Waals surface area contributed by atoms with Crippen molar-refractivity contribution in [3.05, 3.63) is 0 Å². The molecule has 0 amide bonds. The summed E-state index contributed by atoms with van der Waals surface area (Å²) in [6, 6.07) is 0. The quantitative estimate of drug-likeness (QED) is 0.512.